The third-order valence-corrected chi connectivity index (χ3v) is 10.4. The minimum Gasteiger partial charge on any atom is -0.369 e. The van der Waals surface area contributed by atoms with E-state index in [2.05, 4.69) is 120 Å². The standard InChI is InChI=1S/2C21H25IN6O/c2*1-3-28(11-9-23-20-6-4-5-15(2)26-20)12-10-24-21(29)19-14-25-18-13-16(22)7-8-17(18)27-19/h2*4-8,13-14H,3,9-12H2,1-2H3,(H,23,26)(H,24,29)/i22-2;. The molecule has 58 heavy (non-hydrogen) atoms. The van der Waals surface area contributed by atoms with Gasteiger partial charge in [0.05, 0.1) is 34.5 Å². The lowest BCUT2D eigenvalue weighted by atomic mass is 10.3. The van der Waals surface area contributed by atoms with Crippen LogP contribution in [-0.2, 0) is 0 Å². The Morgan fingerprint density at radius 3 is 1.55 bits per heavy atom. The van der Waals surface area contributed by atoms with E-state index >= 15 is 0 Å². The third kappa shape index (κ3) is 14.3. The molecule has 0 spiro atoms. The Morgan fingerprint density at radius 2 is 1.07 bits per heavy atom. The van der Waals surface area contributed by atoms with Crippen LogP contribution in [0.25, 0.3) is 22.1 Å². The highest BCUT2D eigenvalue weighted by atomic mass is 127. The SMILES string of the molecule is CCN(CCNC(=O)c1cnc2cc(I)ccc2n1)CCNc1cccc(C)n1.CCN(CCNC(=O)c1cnc2cc([125I])ccc2n1)CCNc1cccc(C)n1. The van der Waals surface area contributed by atoms with Gasteiger partial charge in [0.15, 0.2) is 0 Å². The Morgan fingerprint density at radius 1 is 0.603 bits per heavy atom. The van der Waals surface area contributed by atoms with Crippen molar-refractivity contribution in [1.29, 1.82) is 0 Å². The van der Waals surface area contributed by atoms with Gasteiger partial charge >= 0.3 is 0 Å². The van der Waals surface area contributed by atoms with Crippen molar-refractivity contribution in [3.05, 3.63) is 115 Å². The van der Waals surface area contributed by atoms with Gasteiger partial charge in [-0.25, -0.2) is 19.9 Å². The largest absolute Gasteiger partial charge is 0.369 e. The molecule has 0 aliphatic rings. The molecule has 0 aliphatic heterocycles. The monoisotopic (exact) mass is 1010 g/mol. The molecule has 0 bridgehead atoms. The van der Waals surface area contributed by atoms with Crippen molar-refractivity contribution in [2.45, 2.75) is 27.7 Å². The summed E-state index contributed by atoms with van der Waals surface area (Å²) in [7, 11) is 0. The Balaban J connectivity index is 0.000000221. The molecule has 2 amide bonds. The molecule has 4 N–H and O–H groups in total. The Kier molecular flexibility index (Phi) is 17.7. The van der Waals surface area contributed by atoms with Crippen LogP contribution >= 0.6 is 45.2 Å². The number of carbonyl (C=O) groups is 2. The number of halogens is 2. The Hall–Kier alpha value is -4.66. The first-order valence-corrected chi connectivity index (χ1v) is 21.5. The second-order valence-corrected chi connectivity index (χ2v) is 15.8. The lowest BCUT2D eigenvalue weighted by Crippen LogP contribution is -2.37. The molecule has 0 atom stereocenters. The summed E-state index contributed by atoms with van der Waals surface area (Å²) >= 11 is 4.46. The fourth-order valence-electron chi connectivity index (χ4n) is 5.85. The molecule has 304 valence electrons. The van der Waals surface area contributed by atoms with Crippen LogP contribution < -0.4 is 21.3 Å². The summed E-state index contributed by atoms with van der Waals surface area (Å²) < 4.78 is 2.18. The predicted octanol–water partition coefficient (Wildman–Crippen LogP) is 6.20. The molecule has 0 unspecified atom stereocenters. The molecule has 0 saturated heterocycles. The molecule has 6 rings (SSSR count). The number of carbonyl (C=O) groups excluding carboxylic acids is 2. The van der Waals surface area contributed by atoms with Crippen molar-refractivity contribution in [3.63, 3.8) is 0 Å². The summed E-state index contributed by atoms with van der Waals surface area (Å²) in [6, 6.07) is 23.5. The lowest BCUT2D eigenvalue weighted by Gasteiger charge is -2.20. The van der Waals surface area contributed by atoms with E-state index in [1.54, 1.807) is 0 Å². The van der Waals surface area contributed by atoms with Crippen LogP contribution in [0, 0.1) is 21.0 Å². The first kappa shape index (κ1) is 44.4. The molecule has 0 fully saturated rings. The highest BCUT2D eigenvalue weighted by Crippen LogP contribution is 2.15. The summed E-state index contributed by atoms with van der Waals surface area (Å²) in [4.78, 5) is 55.8. The first-order chi connectivity index (χ1) is 28.1. The number of anilines is 2. The second-order valence-electron chi connectivity index (χ2n) is 13.3. The van der Waals surface area contributed by atoms with Gasteiger partial charge < -0.3 is 31.1 Å². The molecular weight excluding hydrogens is 956 g/mol. The van der Waals surface area contributed by atoms with Crippen LogP contribution in [0.4, 0.5) is 11.6 Å². The number of rotatable bonds is 18. The van der Waals surface area contributed by atoms with Gasteiger partial charge in [-0.1, -0.05) is 26.0 Å². The van der Waals surface area contributed by atoms with E-state index < -0.39 is 0 Å². The first-order valence-electron chi connectivity index (χ1n) is 19.3. The molecule has 0 saturated carbocycles. The van der Waals surface area contributed by atoms with Crippen LogP contribution in [0.15, 0.2) is 85.2 Å². The highest BCUT2D eigenvalue weighted by Gasteiger charge is 2.12. The molecule has 2 aromatic carbocycles. The van der Waals surface area contributed by atoms with E-state index in [1.807, 2.05) is 86.6 Å². The van der Waals surface area contributed by atoms with Gasteiger partial charge in [0.2, 0.25) is 0 Å². The van der Waals surface area contributed by atoms with E-state index in [9.17, 15) is 9.59 Å². The van der Waals surface area contributed by atoms with E-state index in [0.717, 1.165) is 105 Å². The van der Waals surface area contributed by atoms with Crippen LogP contribution in [0.3, 0.4) is 0 Å². The molecule has 4 heterocycles. The molecule has 0 aliphatic carbocycles. The van der Waals surface area contributed by atoms with E-state index in [0.29, 0.717) is 24.5 Å². The molecule has 6 aromatic rings. The fourth-order valence-corrected chi connectivity index (χ4v) is 6.80. The van der Waals surface area contributed by atoms with Crippen LogP contribution in [0.5, 0.6) is 0 Å². The number of aryl methyl sites for hydroxylation is 2. The number of hydrogen-bond acceptors (Lipinski definition) is 12. The Bertz CT molecular complexity index is 2120. The number of amides is 2. The van der Waals surface area contributed by atoms with Gasteiger partial charge in [-0.2, -0.15) is 0 Å². The average molecular weight is 1010 g/mol. The van der Waals surface area contributed by atoms with Gasteiger partial charge in [0.1, 0.15) is 23.0 Å². The maximum atomic E-state index is 12.4. The summed E-state index contributed by atoms with van der Waals surface area (Å²) in [5.74, 6) is 1.38. The number of nitrogens with zero attached hydrogens (tertiary/aromatic N) is 8. The maximum Gasteiger partial charge on any atom is 0.271 e. The second kappa shape index (κ2) is 23.1. The third-order valence-electron chi connectivity index (χ3n) is 9.04. The van der Waals surface area contributed by atoms with Crippen molar-refractivity contribution >= 4 is 90.7 Å². The van der Waals surface area contributed by atoms with Crippen molar-refractivity contribution < 1.29 is 9.59 Å². The van der Waals surface area contributed by atoms with Crippen LogP contribution in [0.1, 0.15) is 46.2 Å². The van der Waals surface area contributed by atoms with Gasteiger partial charge in [0, 0.05) is 70.9 Å². The average Bonchev–Trinajstić information content (AvgIpc) is 3.22. The van der Waals surface area contributed by atoms with Crippen molar-refractivity contribution in [2.75, 3.05) is 76.1 Å². The van der Waals surface area contributed by atoms with Gasteiger partial charge in [-0.15, -0.1) is 0 Å². The zero-order chi connectivity index (χ0) is 41.3. The highest BCUT2D eigenvalue weighted by molar-refractivity contribution is 14.1. The van der Waals surface area contributed by atoms with Gasteiger partial charge in [-0.05, 0) is 133 Å². The van der Waals surface area contributed by atoms with Crippen LogP contribution in [0.2, 0.25) is 0 Å². The van der Waals surface area contributed by atoms with Gasteiger partial charge in [-0.3, -0.25) is 19.6 Å². The van der Waals surface area contributed by atoms with E-state index in [-0.39, 0.29) is 11.8 Å². The summed E-state index contributed by atoms with van der Waals surface area (Å²) in [5, 5.41) is 12.6. The number of nitrogens with one attached hydrogen (secondary N) is 4. The summed E-state index contributed by atoms with van der Waals surface area (Å²) in [6.07, 6.45) is 3.06. The van der Waals surface area contributed by atoms with E-state index in [4.69, 9.17) is 0 Å². The van der Waals surface area contributed by atoms with Gasteiger partial charge in [0.25, 0.3) is 11.8 Å². The molecular formula is C42H50I2N12O2. The number of likely N-dealkylation sites (N-methyl/N-ethyl adjacent to an activating group) is 2. The normalized spacial score (nSPS) is 11.0. The van der Waals surface area contributed by atoms with Crippen molar-refractivity contribution in [2.24, 2.45) is 0 Å². The number of pyridine rings is 2. The number of aromatic nitrogens is 6. The molecule has 14 nitrogen and oxygen atoms in total. The number of benzene rings is 2. The topological polar surface area (TPSA) is 166 Å². The zero-order valence-electron chi connectivity index (χ0n) is 33.3. The Labute approximate surface area is 367 Å². The van der Waals surface area contributed by atoms with Crippen molar-refractivity contribution in [1.82, 2.24) is 50.3 Å². The minimum atomic E-state index is -0.198. The van der Waals surface area contributed by atoms with Crippen LogP contribution in [-0.4, -0.2) is 117 Å². The smallest absolute Gasteiger partial charge is 0.271 e. The summed E-state index contributed by atoms with van der Waals surface area (Å²) in [6.45, 7) is 16.0. The quantitative estimate of drug-likeness (QED) is 0.0722. The minimum absolute atomic E-state index is 0.198. The maximum absolute atomic E-state index is 12.4. The molecule has 16 heteroatoms. The zero-order valence-corrected chi connectivity index (χ0v) is 37.6. The summed E-state index contributed by atoms with van der Waals surface area (Å²) in [5.41, 5.74) is 5.71. The van der Waals surface area contributed by atoms with Crippen molar-refractivity contribution in [3.8, 4) is 0 Å². The molecule has 4 aromatic heterocycles. The molecule has 0 radical (unpaired) electrons. The number of hydrogen-bond donors (Lipinski definition) is 4. The number of fused-ring (bicyclic) bond motifs is 2. The lowest BCUT2D eigenvalue weighted by molar-refractivity contribution is 0.0936. The van der Waals surface area contributed by atoms with E-state index in [1.165, 1.54) is 12.4 Å². The predicted molar refractivity (Wildman–Crippen MR) is 248 cm³/mol. The fraction of sp³-hybridized carbons (Fsp3) is 0.333.